The van der Waals surface area contributed by atoms with Crippen LogP contribution in [0.5, 0.6) is 5.75 Å². The van der Waals surface area contributed by atoms with Crippen LogP contribution in [-0.4, -0.2) is 23.8 Å². The monoisotopic (exact) mass is 372 g/mol. The van der Waals surface area contributed by atoms with E-state index in [0.29, 0.717) is 17.8 Å². The van der Waals surface area contributed by atoms with Crippen molar-refractivity contribution < 1.29 is 23.6 Å². The Morgan fingerprint density at radius 2 is 1.89 bits per heavy atom. The van der Waals surface area contributed by atoms with E-state index in [1.54, 1.807) is 49.4 Å². The van der Waals surface area contributed by atoms with Gasteiger partial charge in [-0.3, -0.25) is 4.79 Å². The Bertz CT molecular complexity index is 878. The van der Waals surface area contributed by atoms with Crippen LogP contribution in [0.2, 0.25) is 0 Å². The van der Waals surface area contributed by atoms with E-state index in [4.69, 9.17) is 4.52 Å². The second kappa shape index (κ2) is 9.38. The fourth-order valence-corrected chi connectivity index (χ4v) is 2.44. The first kappa shape index (κ1) is 20.0. The second-order valence-electron chi connectivity index (χ2n) is 5.67. The third kappa shape index (κ3) is 5.07. The minimum absolute atomic E-state index is 0.237. The minimum Gasteiger partial charge on any atom is -0.508 e. The number of aryl methyl sites for hydroxylation is 1. The number of aromatic hydroxyl groups is 1. The van der Waals surface area contributed by atoms with Gasteiger partial charge >= 0.3 is 0 Å². The minimum atomic E-state index is -0.524. The molecule has 27 heavy (non-hydrogen) atoms. The summed E-state index contributed by atoms with van der Waals surface area (Å²) in [5, 5.41) is 16.1. The van der Waals surface area contributed by atoms with Crippen LogP contribution in [0.25, 0.3) is 11.3 Å². The van der Waals surface area contributed by atoms with Crippen LogP contribution < -0.4 is 5.32 Å². The molecule has 2 aromatic carbocycles. The van der Waals surface area contributed by atoms with Crippen LogP contribution >= 0.6 is 0 Å². The van der Waals surface area contributed by atoms with E-state index in [2.05, 4.69) is 15.2 Å². The van der Waals surface area contributed by atoms with Gasteiger partial charge in [0.15, 0.2) is 5.76 Å². The second-order valence-corrected chi connectivity index (χ2v) is 5.67. The molecule has 0 bridgehead atoms. The molecule has 7 heteroatoms. The van der Waals surface area contributed by atoms with Gasteiger partial charge in [-0.05, 0) is 44.2 Å². The summed E-state index contributed by atoms with van der Waals surface area (Å²) in [6.07, 6.45) is -0.524. The Balaban J connectivity index is 0.000000199. The van der Waals surface area contributed by atoms with Crippen molar-refractivity contribution in [2.45, 2.75) is 20.0 Å². The normalized spacial score (nSPS) is 11.1. The molecule has 0 saturated carbocycles. The highest BCUT2D eigenvalue weighted by Gasteiger charge is 2.13. The van der Waals surface area contributed by atoms with Crippen LogP contribution in [0.3, 0.4) is 0 Å². The number of benzene rings is 2. The van der Waals surface area contributed by atoms with Gasteiger partial charge in [-0.2, -0.15) is 0 Å². The van der Waals surface area contributed by atoms with Gasteiger partial charge in [-0.25, -0.2) is 4.39 Å². The summed E-state index contributed by atoms with van der Waals surface area (Å²) < 4.78 is 22.8. The van der Waals surface area contributed by atoms with E-state index in [-0.39, 0.29) is 11.6 Å². The lowest BCUT2D eigenvalue weighted by Gasteiger charge is -2.09. The number of nitrogens with zero attached hydrogens (tertiary/aromatic N) is 1. The topological polar surface area (TPSA) is 84.6 Å². The number of hydrogen-bond donors (Lipinski definition) is 2. The maximum Gasteiger partial charge on any atom is 0.293 e. The molecule has 1 heterocycles. The lowest BCUT2D eigenvalue weighted by Crippen LogP contribution is -2.00. The lowest BCUT2D eigenvalue weighted by atomic mass is 10.1. The fraction of sp³-hybridized carbons (Fsp3) is 0.200. The van der Waals surface area contributed by atoms with Crippen LogP contribution in [0.15, 0.2) is 53.1 Å². The van der Waals surface area contributed by atoms with Crippen molar-refractivity contribution in [3.8, 4) is 17.1 Å². The number of nitrogens with one attached hydrogen (secondary N) is 1. The number of phenolic OH excluding ortho intramolecular Hbond substituents is 1. The Kier molecular flexibility index (Phi) is 6.93. The zero-order chi connectivity index (χ0) is 19.8. The highest BCUT2D eigenvalue weighted by atomic mass is 19.1. The van der Waals surface area contributed by atoms with Crippen LogP contribution in [0.1, 0.15) is 24.3 Å². The molecule has 0 aliphatic carbocycles. The van der Waals surface area contributed by atoms with Crippen LogP contribution in [0.4, 0.5) is 10.1 Å². The number of aromatic nitrogens is 1. The molecule has 2 N–H and O–H groups in total. The highest BCUT2D eigenvalue weighted by molar-refractivity contribution is 5.74. The molecule has 3 rings (SSSR count). The Morgan fingerprint density at radius 1 is 1.22 bits per heavy atom. The summed E-state index contributed by atoms with van der Waals surface area (Å²) >= 11 is 0. The molecule has 1 unspecified atom stereocenters. The van der Waals surface area contributed by atoms with E-state index < -0.39 is 6.10 Å². The molecule has 6 nitrogen and oxygen atoms in total. The molecule has 3 aromatic rings. The van der Waals surface area contributed by atoms with Gasteiger partial charge in [0.2, 0.25) is 0 Å². The number of anilines is 1. The van der Waals surface area contributed by atoms with Crippen molar-refractivity contribution in [1.29, 1.82) is 0 Å². The smallest absolute Gasteiger partial charge is 0.293 e. The molecule has 0 radical (unpaired) electrons. The molecular weight excluding hydrogens is 351 g/mol. The van der Waals surface area contributed by atoms with E-state index in [9.17, 15) is 14.3 Å². The summed E-state index contributed by atoms with van der Waals surface area (Å²) in [5.74, 6) is 0.572. The maximum atomic E-state index is 13.0. The van der Waals surface area contributed by atoms with E-state index in [1.807, 2.05) is 14.0 Å². The summed E-state index contributed by atoms with van der Waals surface area (Å²) in [6.45, 7) is 3.81. The number of phenols is 1. The molecule has 0 spiro atoms. The number of carbonyl (C=O) groups excluding carboxylic acids is 1. The third-order valence-corrected chi connectivity index (χ3v) is 3.85. The highest BCUT2D eigenvalue weighted by Crippen LogP contribution is 2.31. The summed E-state index contributed by atoms with van der Waals surface area (Å²) in [7, 11) is 1.82. The van der Waals surface area contributed by atoms with Crippen LogP contribution in [0, 0.1) is 12.7 Å². The molecular formula is C20H21FN2O4. The van der Waals surface area contributed by atoms with Gasteiger partial charge in [-0.15, -0.1) is 0 Å². The average Bonchev–Trinajstić information content (AvgIpc) is 3.04. The maximum absolute atomic E-state index is 13.0. The largest absolute Gasteiger partial charge is 0.508 e. The molecule has 142 valence electrons. The number of halogens is 1. The first-order valence-corrected chi connectivity index (χ1v) is 8.24. The molecule has 1 atom stereocenters. The predicted octanol–water partition coefficient (Wildman–Crippen LogP) is 4.46. The molecule has 0 amide bonds. The van der Waals surface area contributed by atoms with Gasteiger partial charge < -0.3 is 19.7 Å². The summed E-state index contributed by atoms with van der Waals surface area (Å²) in [6, 6.07) is 13.0. The van der Waals surface area contributed by atoms with Crippen molar-refractivity contribution in [3.63, 3.8) is 0 Å². The Morgan fingerprint density at radius 3 is 2.48 bits per heavy atom. The third-order valence-electron chi connectivity index (χ3n) is 3.85. The predicted molar refractivity (Wildman–Crippen MR) is 99.9 cm³/mol. The standard InChI is InChI=1S/C11H12N2O2.C9H9FO2/c1-7-10(12-2)11(15-13-7)8-3-5-9(14)6-4-8;1-7(12-6-11)8-4-2-3-5-9(8)10/h3-6,12,14H,1-2H3;2-7H,1H3. The van der Waals surface area contributed by atoms with Crippen molar-refractivity contribution in [2.75, 3.05) is 12.4 Å². The molecule has 0 saturated heterocycles. The van der Waals surface area contributed by atoms with Crippen molar-refractivity contribution in [1.82, 2.24) is 5.16 Å². The van der Waals surface area contributed by atoms with Gasteiger partial charge in [0.25, 0.3) is 6.47 Å². The average molecular weight is 372 g/mol. The van der Waals surface area contributed by atoms with Crippen LogP contribution in [-0.2, 0) is 9.53 Å². The summed E-state index contributed by atoms with van der Waals surface area (Å²) in [4.78, 5) is 9.96. The van der Waals surface area contributed by atoms with Gasteiger partial charge in [0.1, 0.15) is 29.1 Å². The molecule has 0 aliphatic heterocycles. The van der Waals surface area contributed by atoms with Gasteiger partial charge in [-0.1, -0.05) is 23.4 Å². The number of hydrogen-bond acceptors (Lipinski definition) is 6. The number of rotatable bonds is 5. The molecule has 0 fully saturated rings. The van der Waals surface area contributed by atoms with Gasteiger partial charge in [0.05, 0.1) is 0 Å². The summed E-state index contributed by atoms with van der Waals surface area (Å²) in [5.41, 5.74) is 2.98. The van der Waals surface area contributed by atoms with Crippen molar-refractivity contribution in [3.05, 3.63) is 65.6 Å². The number of ether oxygens (including phenoxy) is 1. The zero-order valence-corrected chi connectivity index (χ0v) is 15.3. The fourth-order valence-electron chi connectivity index (χ4n) is 2.44. The quantitative estimate of drug-likeness (QED) is 0.644. The first-order valence-electron chi connectivity index (χ1n) is 8.24. The van der Waals surface area contributed by atoms with E-state index >= 15 is 0 Å². The lowest BCUT2D eigenvalue weighted by molar-refractivity contribution is -0.133. The Labute approximate surface area is 156 Å². The first-order chi connectivity index (χ1) is 13.0. The Hall–Kier alpha value is -3.35. The SMILES string of the molecule is CC(OC=O)c1ccccc1F.CNc1c(C)noc1-c1ccc(O)cc1. The number of carbonyl (C=O) groups is 1. The van der Waals surface area contributed by atoms with E-state index in [0.717, 1.165) is 16.9 Å². The van der Waals surface area contributed by atoms with Gasteiger partial charge in [0, 0.05) is 18.2 Å². The van der Waals surface area contributed by atoms with E-state index in [1.165, 1.54) is 6.07 Å². The van der Waals surface area contributed by atoms with Crippen molar-refractivity contribution >= 4 is 12.2 Å². The zero-order valence-electron chi connectivity index (χ0n) is 15.3. The molecule has 1 aromatic heterocycles. The van der Waals surface area contributed by atoms with Crippen molar-refractivity contribution in [2.24, 2.45) is 0 Å². The molecule has 0 aliphatic rings.